The monoisotopic (exact) mass is 325 g/mol. The second-order valence-electron chi connectivity index (χ2n) is 4.70. The topological polar surface area (TPSA) is 57.0 Å². The molecular formula is C17H15N3O2S. The first kappa shape index (κ1) is 15.3. The van der Waals surface area contributed by atoms with Gasteiger partial charge in [-0.2, -0.15) is 0 Å². The van der Waals surface area contributed by atoms with E-state index in [2.05, 4.69) is 9.97 Å². The standard InChI is InChI=1S/C17H15N3O2S/c1-23-17-19-11-15(20(17)14-8-3-2-4-9-14)16(21)22-12-13-7-5-6-10-18-13/h2-11H,12H2,1H3. The maximum Gasteiger partial charge on any atom is 0.357 e. The van der Waals surface area contributed by atoms with Gasteiger partial charge in [0.25, 0.3) is 0 Å². The van der Waals surface area contributed by atoms with Crippen LogP contribution in [0.15, 0.2) is 66.1 Å². The molecule has 0 aliphatic carbocycles. The van der Waals surface area contributed by atoms with Gasteiger partial charge in [0.1, 0.15) is 6.61 Å². The zero-order valence-corrected chi connectivity index (χ0v) is 13.4. The van der Waals surface area contributed by atoms with Crippen LogP contribution in [0.3, 0.4) is 0 Å². The normalized spacial score (nSPS) is 10.5. The van der Waals surface area contributed by atoms with Gasteiger partial charge in [0.15, 0.2) is 10.9 Å². The van der Waals surface area contributed by atoms with Crippen LogP contribution in [0, 0.1) is 0 Å². The van der Waals surface area contributed by atoms with Crippen molar-refractivity contribution < 1.29 is 9.53 Å². The van der Waals surface area contributed by atoms with E-state index in [4.69, 9.17) is 4.74 Å². The Morgan fingerprint density at radius 3 is 2.61 bits per heavy atom. The summed E-state index contributed by atoms with van der Waals surface area (Å²) in [4.78, 5) is 20.9. The molecule has 23 heavy (non-hydrogen) atoms. The highest BCUT2D eigenvalue weighted by Crippen LogP contribution is 2.22. The van der Waals surface area contributed by atoms with Crippen LogP contribution in [-0.2, 0) is 11.3 Å². The highest BCUT2D eigenvalue weighted by molar-refractivity contribution is 7.98. The van der Waals surface area contributed by atoms with Crippen molar-refractivity contribution >= 4 is 17.7 Å². The van der Waals surface area contributed by atoms with Gasteiger partial charge in [0, 0.05) is 11.9 Å². The van der Waals surface area contributed by atoms with Crippen LogP contribution in [-0.4, -0.2) is 26.8 Å². The van der Waals surface area contributed by atoms with Crippen molar-refractivity contribution in [1.82, 2.24) is 14.5 Å². The fourth-order valence-electron chi connectivity index (χ4n) is 2.15. The minimum atomic E-state index is -0.424. The molecule has 0 aliphatic rings. The molecule has 6 heteroatoms. The van der Waals surface area contributed by atoms with E-state index in [0.29, 0.717) is 11.4 Å². The van der Waals surface area contributed by atoms with E-state index in [-0.39, 0.29) is 6.61 Å². The molecule has 0 atom stereocenters. The summed E-state index contributed by atoms with van der Waals surface area (Å²) in [6.07, 6.45) is 5.13. The molecule has 0 amide bonds. The van der Waals surface area contributed by atoms with E-state index in [1.807, 2.05) is 54.8 Å². The van der Waals surface area contributed by atoms with Gasteiger partial charge >= 0.3 is 5.97 Å². The minimum absolute atomic E-state index is 0.133. The number of esters is 1. The molecule has 3 aromatic rings. The molecule has 3 rings (SSSR count). The molecule has 0 N–H and O–H groups in total. The number of benzene rings is 1. The summed E-state index contributed by atoms with van der Waals surface area (Å²) in [7, 11) is 0. The van der Waals surface area contributed by atoms with Crippen LogP contribution < -0.4 is 0 Å². The Morgan fingerprint density at radius 2 is 1.91 bits per heavy atom. The van der Waals surface area contributed by atoms with Gasteiger partial charge in [-0.1, -0.05) is 36.0 Å². The lowest BCUT2D eigenvalue weighted by atomic mass is 10.3. The number of ether oxygens (including phenoxy) is 1. The summed E-state index contributed by atoms with van der Waals surface area (Å²) in [5.74, 6) is -0.424. The van der Waals surface area contributed by atoms with Crippen LogP contribution in [0.25, 0.3) is 5.69 Å². The number of pyridine rings is 1. The Hall–Kier alpha value is -2.60. The van der Waals surface area contributed by atoms with Gasteiger partial charge in [-0.15, -0.1) is 0 Å². The maximum atomic E-state index is 12.4. The predicted octanol–water partition coefficient (Wildman–Crippen LogP) is 3.35. The van der Waals surface area contributed by atoms with Gasteiger partial charge < -0.3 is 4.74 Å². The SMILES string of the molecule is CSc1ncc(C(=O)OCc2ccccn2)n1-c1ccccc1. The van der Waals surface area contributed by atoms with Crippen LogP contribution >= 0.6 is 11.8 Å². The van der Waals surface area contributed by atoms with Gasteiger partial charge in [0.2, 0.25) is 0 Å². The number of rotatable bonds is 5. The number of nitrogens with zero attached hydrogens (tertiary/aromatic N) is 3. The van der Waals surface area contributed by atoms with Crippen LogP contribution in [0.4, 0.5) is 0 Å². The number of aromatic nitrogens is 3. The smallest absolute Gasteiger partial charge is 0.357 e. The van der Waals surface area contributed by atoms with E-state index >= 15 is 0 Å². The highest BCUT2D eigenvalue weighted by Gasteiger charge is 2.19. The van der Waals surface area contributed by atoms with Crippen LogP contribution in [0.1, 0.15) is 16.2 Å². The Kier molecular flexibility index (Phi) is 4.73. The second-order valence-corrected chi connectivity index (χ2v) is 5.47. The van der Waals surface area contributed by atoms with E-state index < -0.39 is 5.97 Å². The third-order valence-corrected chi connectivity index (χ3v) is 3.87. The predicted molar refractivity (Wildman–Crippen MR) is 88.7 cm³/mol. The average molecular weight is 325 g/mol. The van der Waals surface area contributed by atoms with Crippen molar-refractivity contribution in [2.45, 2.75) is 11.8 Å². The van der Waals surface area contributed by atoms with Crippen molar-refractivity contribution in [3.8, 4) is 5.69 Å². The van der Waals surface area contributed by atoms with Crippen molar-refractivity contribution in [2.24, 2.45) is 0 Å². The largest absolute Gasteiger partial charge is 0.454 e. The molecule has 116 valence electrons. The average Bonchev–Trinajstić information content (AvgIpc) is 3.05. The number of carbonyl (C=O) groups excluding carboxylic acids is 1. The van der Waals surface area contributed by atoms with Crippen LogP contribution in [0.5, 0.6) is 0 Å². The first-order valence-corrected chi connectivity index (χ1v) is 8.26. The van der Waals surface area contributed by atoms with Gasteiger partial charge in [-0.25, -0.2) is 9.78 Å². The molecule has 0 unspecified atom stereocenters. The number of carbonyl (C=O) groups is 1. The molecule has 0 saturated carbocycles. The second kappa shape index (κ2) is 7.11. The minimum Gasteiger partial charge on any atom is -0.454 e. The zero-order valence-electron chi connectivity index (χ0n) is 12.5. The van der Waals surface area contributed by atoms with Crippen molar-refractivity contribution in [2.75, 3.05) is 6.26 Å². The molecule has 0 bridgehead atoms. The molecule has 2 heterocycles. The summed E-state index contributed by atoms with van der Waals surface area (Å²) in [6, 6.07) is 15.1. The first-order chi connectivity index (χ1) is 11.3. The van der Waals surface area contributed by atoms with E-state index in [1.165, 1.54) is 11.8 Å². The summed E-state index contributed by atoms with van der Waals surface area (Å²) in [6.45, 7) is 0.133. The van der Waals surface area contributed by atoms with Gasteiger partial charge in [0.05, 0.1) is 11.9 Å². The molecule has 5 nitrogen and oxygen atoms in total. The quantitative estimate of drug-likeness (QED) is 0.532. The highest BCUT2D eigenvalue weighted by atomic mass is 32.2. The molecule has 0 radical (unpaired) electrons. The Morgan fingerprint density at radius 1 is 1.13 bits per heavy atom. The van der Waals surface area contributed by atoms with E-state index in [0.717, 1.165) is 10.8 Å². The van der Waals surface area contributed by atoms with E-state index in [9.17, 15) is 4.79 Å². The van der Waals surface area contributed by atoms with Crippen molar-refractivity contribution in [3.63, 3.8) is 0 Å². The lowest BCUT2D eigenvalue weighted by Gasteiger charge is -2.10. The lowest BCUT2D eigenvalue weighted by molar-refractivity contribution is 0.0457. The van der Waals surface area contributed by atoms with Crippen molar-refractivity contribution in [3.05, 3.63) is 72.3 Å². The zero-order chi connectivity index (χ0) is 16.1. The summed E-state index contributed by atoms with van der Waals surface area (Å²) < 4.78 is 7.16. The van der Waals surface area contributed by atoms with E-state index in [1.54, 1.807) is 17.0 Å². The maximum absolute atomic E-state index is 12.4. The summed E-state index contributed by atoms with van der Waals surface area (Å²) in [5, 5.41) is 0.737. The Balaban J connectivity index is 1.85. The van der Waals surface area contributed by atoms with Gasteiger partial charge in [-0.05, 0) is 30.5 Å². The van der Waals surface area contributed by atoms with Crippen LogP contribution in [0.2, 0.25) is 0 Å². The molecule has 1 aromatic carbocycles. The molecule has 2 aromatic heterocycles. The Labute approximate surface area is 138 Å². The third-order valence-electron chi connectivity index (χ3n) is 3.21. The van der Waals surface area contributed by atoms with Gasteiger partial charge in [-0.3, -0.25) is 9.55 Å². The number of hydrogen-bond acceptors (Lipinski definition) is 5. The molecule has 0 saturated heterocycles. The number of thioether (sulfide) groups is 1. The third kappa shape index (κ3) is 3.43. The molecular weight excluding hydrogens is 310 g/mol. The number of imidazole rings is 1. The number of para-hydroxylation sites is 1. The fourth-order valence-corrected chi connectivity index (χ4v) is 2.69. The Bertz CT molecular complexity index is 788. The van der Waals surface area contributed by atoms with Crippen molar-refractivity contribution in [1.29, 1.82) is 0 Å². The summed E-state index contributed by atoms with van der Waals surface area (Å²) >= 11 is 1.47. The molecule has 0 aliphatic heterocycles. The molecule has 0 spiro atoms. The first-order valence-electron chi connectivity index (χ1n) is 7.04. The fraction of sp³-hybridized carbons (Fsp3) is 0.118. The summed E-state index contributed by atoms with van der Waals surface area (Å²) in [5.41, 5.74) is 1.98. The lowest BCUT2D eigenvalue weighted by Crippen LogP contribution is -2.12. The molecule has 0 fully saturated rings. The number of hydrogen-bond donors (Lipinski definition) is 0.